The maximum absolute atomic E-state index is 14.0. The van der Waals surface area contributed by atoms with Gasteiger partial charge in [-0.1, -0.05) is 0 Å². The van der Waals surface area contributed by atoms with Gasteiger partial charge in [-0.25, -0.2) is 8.78 Å². The summed E-state index contributed by atoms with van der Waals surface area (Å²) in [5, 5.41) is 9.24. The molecular weight excluding hydrogens is 332 g/mol. The summed E-state index contributed by atoms with van der Waals surface area (Å²) in [5.74, 6) is -2.56. The van der Waals surface area contributed by atoms with Crippen molar-refractivity contribution in [2.24, 2.45) is 5.41 Å². The van der Waals surface area contributed by atoms with Gasteiger partial charge >= 0.3 is 0 Å². The second-order valence-corrected chi connectivity index (χ2v) is 6.40. The third-order valence-electron chi connectivity index (χ3n) is 4.78. The number of hydrogen-bond donors (Lipinski definition) is 1. The van der Waals surface area contributed by atoms with Crippen molar-refractivity contribution in [1.29, 1.82) is 0 Å². The highest BCUT2D eigenvalue weighted by Gasteiger charge is 2.45. The lowest BCUT2D eigenvalue weighted by molar-refractivity contribution is -0.152. The van der Waals surface area contributed by atoms with E-state index in [4.69, 9.17) is 9.47 Å². The number of nitrogens with zero attached hydrogens (tertiary/aromatic N) is 1. The zero-order valence-electron chi connectivity index (χ0n) is 13.2. The molecule has 1 fully saturated rings. The molecule has 0 bridgehead atoms. The van der Waals surface area contributed by atoms with Gasteiger partial charge in [0.25, 0.3) is 0 Å². The van der Waals surface area contributed by atoms with Crippen LogP contribution in [0.5, 0.6) is 5.75 Å². The minimum atomic E-state index is -0.928. The number of halogens is 2. The van der Waals surface area contributed by atoms with E-state index in [1.54, 1.807) is 6.07 Å². The second kappa shape index (κ2) is 5.86. The van der Waals surface area contributed by atoms with Crippen LogP contribution < -0.4 is 0 Å². The molecule has 0 unspecified atom stereocenters. The fourth-order valence-corrected chi connectivity index (χ4v) is 3.39. The van der Waals surface area contributed by atoms with Gasteiger partial charge in [0.15, 0.2) is 17.3 Å². The molecule has 1 N–H and O–H groups in total. The summed E-state index contributed by atoms with van der Waals surface area (Å²) in [6.45, 7) is 0.806. The Hall–Kier alpha value is -2.38. The van der Waals surface area contributed by atoms with Crippen molar-refractivity contribution in [3.8, 4) is 17.0 Å². The van der Waals surface area contributed by atoms with Crippen molar-refractivity contribution in [1.82, 2.24) is 4.98 Å². The van der Waals surface area contributed by atoms with Crippen LogP contribution in [-0.2, 0) is 15.9 Å². The topological polar surface area (TPSA) is 68.7 Å². The smallest absolute Gasteiger partial charge is 0.175 e. The molecule has 0 saturated carbocycles. The van der Waals surface area contributed by atoms with Gasteiger partial charge in [-0.2, -0.15) is 0 Å². The third kappa shape index (κ3) is 2.60. The summed E-state index contributed by atoms with van der Waals surface area (Å²) in [6, 6.07) is 4.67. The predicted octanol–water partition coefficient (Wildman–Crippen LogP) is 2.85. The number of phenols is 1. The number of carbonyl (C=O) groups is 1. The van der Waals surface area contributed by atoms with Crippen LogP contribution in [0.15, 0.2) is 24.3 Å². The number of aromatic hydroxyl groups is 1. The minimum Gasteiger partial charge on any atom is -0.505 e. The number of benzene rings is 1. The summed E-state index contributed by atoms with van der Waals surface area (Å²) >= 11 is 0. The standard InChI is InChI=1S/C18H15F2NO4/c19-12-6-16(22)13(20)5-11(12)14-2-1-10-15(21-14)3-4-18(17(10)23)7-24-9-25-8-18/h1-2,5-6,22H,3-4,7-9H2. The first-order valence-corrected chi connectivity index (χ1v) is 7.89. The van der Waals surface area contributed by atoms with Crippen LogP contribution in [0.25, 0.3) is 11.3 Å². The van der Waals surface area contributed by atoms with Gasteiger partial charge in [-0.3, -0.25) is 9.78 Å². The van der Waals surface area contributed by atoms with E-state index in [1.165, 1.54) is 6.07 Å². The Morgan fingerprint density at radius 2 is 1.84 bits per heavy atom. The SMILES string of the molecule is O=C1c2ccc(-c3cc(F)c(O)cc3F)nc2CCC12COCOC2. The maximum atomic E-state index is 14.0. The highest BCUT2D eigenvalue weighted by Crippen LogP contribution is 2.38. The molecule has 25 heavy (non-hydrogen) atoms. The Labute approximate surface area is 142 Å². The molecule has 2 heterocycles. The second-order valence-electron chi connectivity index (χ2n) is 6.40. The molecular formula is C18H15F2NO4. The number of phenolic OH excluding ortho intramolecular Hbond substituents is 1. The fraction of sp³-hybridized carbons (Fsp3) is 0.333. The number of aromatic nitrogens is 1. The number of Topliss-reactive ketones (excluding diaryl/α,β-unsaturated/α-hetero) is 1. The normalized spacial score (nSPS) is 19.0. The van der Waals surface area contributed by atoms with Gasteiger partial charge in [0, 0.05) is 17.2 Å². The zero-order valence-corrected chi connectivity index (χ0v) is 13.2. The summed E-state index contributed by atoms with van der Waals surface area (Å²) in [7, 11) is 0. The molecule has 1 aliphatic heterocycles. The number of pyridine rings is 1. The first-order chi connectivity index (χ1) is 12.0. The van der Waals surface area contributed by atoms with E-state index in [0.717, 1.165) is 6.07 Å². The van der Waals surface area contributed by atoms with E-state index in [1.807, 2.05) is 0 Å². The molecule has 0 atom stereocenters. The maximum Gasteiger partial charge on any atom is 0.175 e. The van der Waals surface area contributed by atoms with Gasteiger partial charge in [0.05, 0.1) is 30.0 Å². The van der Waals surface area contributed by atoms with Crippen LogP contribution in [0.1, 0.15) is 22.5 Å². The molecule has 1 saturated heterocycles. The summed E-state index contributed by atoms with van der Waals surface area (Å²) < 4.78 is 38.2. The van der Waals surface area contributed by atoms with E-state index < -0.39 is 22.8 Å². The van der Waals surface area contributed by atoms with Crippen LogP contribution in [0, 0.1) is 17.0 Å². The number of aryl methyl sites for hydroxylation is 1. The fourth-order valence-electron chi connectivity index (χ4n) is 3.39. The highest BCUT2D eigenvalue weighted by molar-refractivity contribution is 6.03. The van der Waals surface area contributed by atoms with Crippen LogP contribution in [0.4, 0.5) is 8.78 Å². The Bertz CT molecular complexity index is 862. The summed E-state index contributed by atoms with van der Waals surface area (Å²) in [5.41, 5.74) is 0.477. The molecule has 7 heteroatoms. The van der Waals surface area contributed by atoms with Crippen LogP contribution in [-0.4, -0.2) is 35.9 Å². The lowest BCUT2D eigenvalue weighted by Gasteiger charge is -2.38. The van der Waals surface area contributed by atoms with Gasteiger partial charge in [-0.05, 0) is 31.0 Å². The Balaban J connectivity index is 1.73. The van der Waals surface area contributed by atoms with Crippen molar-refractivity contribution >= 4 is 5.78 Å². The highest BCUT2D eigenvalue weighted by atomic mass is 19.1. The molecule has 1 aromatic carbocycles. The number of ketones is 1. The molecule has 0 radical (unpaired) electrons. The van der Waals surface area contributed by atoms with E-state index >= 15 is 0 Å². The number of hydrogen-bond acceptors (Lipinski definition) is 5. The average molecular weight is 347 g/mol. The first kappa shape index (κ1) is 16.1. The number of carbonyl (C=O) groups excluding carboxylic acids is 1. The van der Waals surface area contributed by atoms with Crippen LogP contribution in [0.2, 0.25) is 0 Å². The van der Waals surface area contributed by atoms with E-state index in [2.05, 4.69) is 4.98 Å². The van der Waals surface area contributed by atoms with Crippen LogP contribution >= 0.6 is 0 Å². The van der Waals surface area contributed by atoms with E-state index in [0.29, 0.717) is 43.4 Å². The molecule has 4 rings (SSSR count). The lowest BCUT2D eigenvalue weighted by Crippen LogP contribution is -2.47. The summed E-state index contributed by atoms with van der Waals surface area (Å²) in [6.07, 6.45) is 1.05. The van der Waals surface area contributed by atoms with Crippen molar-refractivity contribution in [2.75, 3.05) is 20.0 Å². The molecule has 2 aliphatic rings. The van der Waals surface area contributed by atoms with Gasteiger partial charge < -0.3 is 14.6 Å². The predicted molar refractivity (Wildman–Crippen MR) is 83.1 cm³/mol. The third-order valence-corrected chi connectivity index (χ3v) is 4.78. The molecule has 1 aromatic heterocycles. The molecule has 1 aliphatic carbocycles. The number of ether oxygens (including phenoxy) is 2. The van der Waals surface area contributed by atoms with Crippen molar-refractivity contribution in [3.05, 3.63) is 47.2 Å². The average Bonchev–Trinajstić information content (AvgIpc) is 2.62. The molecule has 1 spiro atoms. The molecule has 2 aromatic rings. The Morgan fingerprint density at radius 1 is 1.08 bits per heavy atom. The largest absolute Gasteiger partial charge is 0.505 e. The Kier molecular flexibility index (Phi) is 3.77. The summed E-state index contributed by atoms with van der Waals surface area (Å²) in [4.78, 5) is 17.2. The number of fused-ring (bicyclic) bond motifs is 1. The van der Waals surface area contributed by atoms with Crippen LogP contribution in [0.3, 0.4) is 0 Å². The quantitative estimate of drug-likeness (QED) is 0.859. The molecule has 5 nitrogen and oxygen atoms in total. The van der Waals surface area contributed by atoms with Gasteiger partial charge in [0.1, 0.15) is 12.6 Å². The first-order valence-electron chi connectivity index (χ1n) is 7.89. The molecule has 130 valence electrons. The van der Waals surface area contributed by atoms with E-state index in [-0.39, 0.29) is 23.8 Å². The van der Waals surface area contributed by atoms with E-state index in [9.17, 15) is 18.7 Å². The van der Waals surface area contributed by atoms with Gasteiger partial charge in [0.2, 0.25) is 0 Å². The molecule has 0 amide bonds. The van der Waals surface area contributed by atoms with Crippen molar-refractivity contribution in [3.63, 3.8) is 0 Å². The Morgan fingerprint density at radius 3 is 2.60 bits per heavy atom. The lowest BCUT2D eigenvalue weighted by atomic mass is 9.72. The zero-order chi connectivity index (χ0) is 17.6. The van der Waals surface area contributed by atoms with Crippen molar-refractivity contribution < 1.29 is 28.2 Å². The van der Waals surface area contributed by atoms with Gasteiger partial charge in [-0.15, -0.1) is 0 Å². The number of rotatable bonds is 1. The van der Waals surface area contributed by atoms with Crippen molar-refractivity contribution in [2.45, 2.75) is 12.8 Å². The minimum absolute atomic E-state index is 0.0600. The monoisotopic (exact) mass is 347 g/mol.